The van der Waals surface area contributed by atoms with Gasteiger partial charge in [-0.15, -0.1) is 0 Å². The van der Waals surface area contributed by atoms with E-state index in [1.54, 1.807) is 13.1 Å². The predicted molar refractivity (Wildman–Crippen MR) is 136 cm³/mol. The van der Waals surface area contributed by atoms with Crippen LogP contribution in [0.15, 0.2) is 52.4 Å². The second-order valence-corrected chi connectivity index (χ2v) is 9.06. The molecule has 0 radical (unpaired) electrons. The van der Waals surface area contributed by atoms with E-state index in [9.17, 15) is 10.4 Å². The molecule has 3 aromatic heterocycles. The summed E-state index contributed by atoms with van der Waals surface area (Å²) in [5.41, 5.74) is 4.70. The van der Waals surface area contributed by atoms with Gasteiger partial charge in [0.2, 0.25) is 0 Å². The third-order valence-electron chi connectivity index (χ3n) is 7.20. The number of aliphatic hydroxyl groups excluding tert-OH is 1. The maximum absolute atomic E-state index is 10.6. The predicted octanol–water partition coefficient (Wildman–Crippen LogP) is 6.10. The van der Waals surface area contributed by atoms with Crippen LogP contribution in [-0.4, -0.2) is 30.2 Å². The molecule has 0 bridgehead atoms. The Labute approximate surface area is 209 Å². The monoisotopic (exact) mass is 480 g/mol. The molecule has 36 heavy (non-hydrogen) atoms. The van der Waals surface area contributed by atoms with Crippen LogP contribution >= 0.6 is 0 Å². The molecule has 2 aliphatic carbocycles. The average molecular weight is 481 g/mol. The van der Waals surface area contributed by atoms with Crippen LogP contribution in [0.1, 0.15) is 56.6 Å². The van der Waals surface area contributed by atoms with Crippen molar-refractivity contribution in [2.75, 3.05) is 0 Å². The van der Waals surface area contributed by atoms with Gasteiger partial charge in [-0.3, -0.25) is 4.98 Å². The number of hydrogen-bond donors (Lipinski definition) is 1. The van der Waals surface area contributed by atoms with E-state index in [-0.39, 0.29) is 23.5 Å². The first-order valence-corrected chi connectivity index (χ1v) is 12.4. The number of allylic oxidation sites excluding steroid dienone is 2. The summed E-state index contributed by atoms with van der Waals surface area (Å²) in [6.45, 7) is 7.78. The van der Waals surface area contributed by atoms with Gasteiger partial charge in [0.15, 0.2) is 11.6 Å². The largest absolute Gasteiger partial charge is 0.511 e. The van der Waals surface area contributed by atoms with Gasteiger partial charge < -0.3 is 9.63 Å². The number of aryl methyl sites for hydroxylation is 1. The molecule has 8 heteroatoms. The lowest BCUT2D eigenvalue weighted by Gasteiger charge is -2.40. The molecular weight excluding hydrogens is 452 g/mol. The summed E-state index contributed by atoms with van der Waals surface area (Å²) in [5, 5.41) is 25.2. The minimum atomic E-state index is -0.101. The van der Waals surface area contributed by atoms with Gasteiger partial charge >= 0.3 is 0 Å². The minimum absolute atomic E-state index is 0.00178. The van der Waals surface area contributed by atoms with Gasteiger partial charge in [-0.1, -0.05) is 44.1 Å². The highest BCUT2D eigenvalue weighted by Crippen LogP contribution is 2.50. The summed E-state index contributed by atoms with van der Waals surface area (Å²) in [7, 11) is 0. The third kappa shape index (κ3) is 3.81. The highest BCUT2D eigenvalue weighted by Gasteiger charge is 2.42. The van der Waals surface area contributed by atoms with Crippen LogP contribution in [0.3, 0.4) is 0 Å². The van der Waals surface area contributed by atoms with Crippen LogP contribution in [0.2, 0.25) is 0 Å². The molecule has 0 aliphatic heterocycles. The quantitative estimate of drug-likeness (QED) is 0.365. The SMILES string of the molecule is CC.Cc1noc(-c2nc(-c3ccnc4ccccc34)nc3c2CCC2C(C)C(O)=C(C#N)CC32)n1. The van der Waals surface area contributed by atoms with Gasteiger partial charge in [-0.05, 0) is 44.2 Å². The Morgan fingerprint density at radius 2 is 1.92 bits per heavy atom. The van der Waals surface area contributed by atoms with E-state index < -0.39 is 0 Å². The lowest BCUT2D eigenvalue weighted by Crippen LogP contribution is -2.33. The number of hydrogen-bond acceptors (Lipinski definition) is 8. The maximum atomic E-state index is 10.6. The zero-order valence-corrected chi connectivity index (χ0v) is 20.9. The lowest BCUT2D eigenvalue weighted by molar-refractivity contribution is 0.198. The van der Waals surface area contributed by atoms with E-state index in [2.05, 4.69) is 21.2 Å². The molecule has 0 saturated heterocycles. The van der Waals surface area contributed by atoms with Crippen molar-refractivity contribution in [3.63, 3.8) is 0 Å². The van der Waals surface area contributed by atoms with E-state index in [1.165, 1.54) is 0 Å². The van der Waals surface area contributed by atoms with Crippen LogP contribution < -0.4 is 0 Å². The molecule has 6 rings (SSSR count). The van der Waals surface area contributed by atoms with Crippen molar-refractivity contribution < 1.29 is 9.63 Å². The number of nitriles is 1. The fraction of sp³-hybridized carbons (Fsp3) is 0.357. The third-order valence-corrected chi connectivity index (χ3v) is 7.20. The summed E-state index contributed by atoms with van der Waals surface area (Å²) in [6.07, 6.45) is 3.82. The van der Waals surface area contributed by atoms with E-state index in [0.29, 0.717) is 35.2 Å². The first-order chi connectivity index (χ1) is 17.5. The molecule has 1 aromatic carbocycles. The van der Waals surface area contributed by atoms with Gasteiger partial charge in [-0.25, -0.2) is 9.97 Å². The van der Waals surface area contributed by atoms with Crippen molar-refractivity contribution >= 4 is 10.9 Å². The highest BCUT2D eigenvalue weighted by atomic mass is 16.5. The van der Waals surface area contributed by atoms with Crippen molar-refractivity contribution in [2.45, 2.75) is 52.9 Å². The number of para-hydroxylation sites is 1. The molecule has 4 aromatic rings. The van der Waals surface area contributed by atoms with Gasteiger partial charge in [0, 0.05) is 34.5 Å². The second-order valence-electron chi connectivity index (χ2n) is 9.06. The zero-order chi connectivity index (χ0) is 25.4. The summed E-state index contributed by atoms with van der Waals surface area (Å²) in [6, 6.07) is 12.0. The molecule has 0 spiro atoms. The fourth-order valence-electron chi connectivity index (χ4n) is 5.50. The molecule has 0 amide bonds. The van der Waals surface area contributed by atoms with Crippen LogP contribution in [-0.2, 0) is 6.42 Å². The first kappa shape index (κ1) is 23.6. The molecular formula is C28H28N6O2. The van der Waals surface area contributed by atoms with Gasteiger partial charge in [0.25, 0.3) is 5.89 Å². The van der Waals surface area contributed by atoms with E-state index in [0.717, 1.165) is 40.6 Å². The van der Waals surface area contributed by atoms with E-state index in [4.69, 9.17) is 14.5 Å². The Bertz CT molecular complexity index is 1510. The van der Waals surface area contributed by atoms with Gasteiger partial charge in [-0.2, -0.15) is 10.2 Å². The topological polar surface area (TPSA) is 122 Å². The van der Waals surface area contributed by atoms with Crippen LogP contribution in [0.4, 0.5) is 0 Å². The Morgan fingerprint density at radius 1 is 1.11 bits per heavy atom. The maximum Gasteiger partial charge on any atom is 0.276 e. The lowest BCUT2D eigenvalue weighted by atomic mass is 9.65. The first-order valence-electron chi connectivity index (χ1n) is 12.4. The number of fused-ring (bicyclic) bond motifs is 4. The van der Waals surface area contributed by atoms with Gasteiger partial charge in [0.1, 0.15) is 11.5 Å². The molecule has 0 saturated carbocycles. The van der Waals surface area contributed by atoms with Crippen molar-refractivity contribution in [1.82, 2.24) is 25.1 Å². The molecule has 0 fully saturated rings. The molecule has 8 nitrogen and oxygen atoms in total. The van der Waals surface area contributed by atoms with Crippen molar-refractivity contribution in [3.05, 3.63) is 64.9 Å². The normalized spacial score (nSPS) is 20.7. The molecule has 2 aliphatic rings. The van der Waals surface area contributed by atoms with Crippen molar-refractivity contribution in [3.8, 4) is 29.0 Å². The average Bonchev–Trinajstić information content (AvgIpc) is 3.36. The Balaban J connectivity index is 0.00000130. The van der Waals surface area contributed by atoms with Gasteiger partial charge in [0.05, 0.1) is 22.9 Å². The van der Waals surface area contributed by atoms with Crippen molar-refractivity contribution in [2.24, 2.45) is 11.8 Å². The number of pyridine rings is 1. The Hall–Kier alpha value is -4.12. The zero-order valence-electron chi connectivity index (χ0n) is 20.9. The molecule has 182 valence electrons. The number of aromatic nitrogens is 5. The number of benzene rings is 1. The molecule has 3 unspecified atom stereocenters. The molecule has 3 heterocycles. The van der Waals surface area contributed by atoms with E-state index in [1.807, 2.05) is 51.1 Å². The summed E-state index contributed by atoms with van der Waals surface area (Å²) in [5.74, 6) is 1.79. The second kappa shape index (κ2) is 9.50. The van der Waals surface area contributed by atoms with Crippen molar-refractivity contribution in [1.29, 1.82) is 5.26 Å². The van der Waals surface area contributed by atoms with E-state index >= 15 is 0 Å². The number of rotatable bonds is 2. The number of aliphatic hydroxyl groups is 1. The van der Waals surface area contributed by atoms with Crippen LogP contribution in [0, 0.1) is 30.1 Å². The standard InChI is InChI=1S/C26H22N6O2.C2H6/c1-13-16-7-8-19-22(20(16)11-15(12-27)24(13)33)30-25(31-23(19)26-29-14(2)32-34-26)18-9-10-28-21-6-4-3-5-17(18)21;1-2/h3-6,9-10,13,16,20,33H,7-8,11H2,1-2H3;1-2H3. The summed E-state index contributed by atoms with van der Waals surface area (Å²) < 4.78 is 5.55. The highest BCUT2D eigenvalue weighted by molar-refractivity contribution is 5.92. The Morgan fingerprint density at radius 3 is 2.67 bits per heavy atom. The summed E-state index contributed by atoms with van der Waals surface area (Å²) >= 11 is 0. The Kier molecular flexibility index (Phi) is 6.23. The molecule has 3 atom stereocenters. The van der Waals surface area contributed by atoms with Crippen LogP contribution in [0.5, 0.6) is 0 Å². The smallest absolute Gasteiger partial charge is 0.276 e. The van der Waals surface area contributed by atoms with Crippen LogP contribution in [0.25, 0.3) is 33.9 Å². The fourth-order valence-corrected chi connectivity index (χ4v) is 5.50. The molecule has 1 N–H and O–H groups in total. The summed E-state index contributed by atoms with van der Waals surface area (Å²) in [4.78, 5) is 19.0. The minimum Gasteiger partial charge on any atom is -0.511 e. The number of nitrogens with zero attached hydrogens (tertiary/aromatic N) is 6.